The lowest BCUT2D eigenvalue weighted by atomic mass is 10.1. The molecule has 0 bridgehead atoms. The van der Waals surface area contributed by atoms with Crippen molar-refractivity contribution in [2.75, 3.05) is 26.2 Å². The molecule has 3 rings (SSSR count). The van der Waals surface area contributed by atoms with E-state index in [-0.39, 0.29) is 6.03 Å². The van der Waals surface area contributed by atoms with Gasteiger partial charge < -0.3 is 10.2 Å². The van der Waals surface area contributed by atoms with E-state index >= 15 is 0 Å². The van der Waals surface area contributed by atoms with Crippen LogP contribution in [0.5, 0.6) is 0 Å². The van der Waals surface area contributed by atoms with E-state index in [9.17, 15) is 4.79 Å². The number of carbonyl (C=O) groups excluding carboxylic acids is 1. The van der Waals surface area contributed by atoms with Gasteiger partial charge in [-0.05, 0) is 32.4 Å². The molecule has 1 aromatic heterocycles. The molecule has 2 amide bonds. The molecule has 2 aliphatic rings. The van der Waals surface area contributed by atoms with Gasteiger partial charge in [0.15, 0.2) is 0 Å². The number of hydrogen-bond acceptors (Lipinski definition) is 4. The van der Waals surface area contributed by atoms with Crippen LogP contribution in [0.3, 0.4) is 0 Å². The summed E-state index contributed by atoms with van der Waals surface area (Å²) in [5.41, 5.74) is 0.912. The Kier molecular flexibility index (Phi) is 4.38. The van der Waals surface area contributed by atoms with Crippen LogP contribution in [-0.4, -0.2) is 63.0 Å². The van der Waals surface area contributed by atoms with Crippen LogP contribution in [0.4, 0.5) is 4.79 Å². The molecule has 7 heteroatoms. The van der Waals surface area contributed by atoms with Crippen molar-refractivity contribution in [2.45, 2.75) is 38.3 Å². The summed E-state index contributed by atoms with van der Waals surface area (Å²) in [5.74, 6) is 0. The van der Waals surface area contributed by atoms with Crippen molar-refractivity contribution in [1.29, 1.82) is 0 Å². The van der Waals surface area contributed by atoms with Gasteiger partial charge in [-0.25, -0.2) is 4.79 Å². The second kappa shape index (κ2) is 6.43. The van der Waals surface area contributed by atoms with Gasteiger partial charge in [0.1, 0.15) is 0 Å². The lowest BCUT2D eigenvalue weighted by Crippen LogP contribution is -2.43. The highest BCUT2D eigenvalue weighted by molar-refractivity contribution is 5.74. The predicted octanol–water partition coefficient (Wildman–Crippen LogP) is 0.585. The van der Waals surface area contributed by atoms with Crippen molar-refractivity contribution in [1.82, 2.24) is 30.1 Å². The standard InChI is InChI=1S/C14H24N6O/c1-18-13(10-16-17-18)9-15-14(21)20-8-5-12(11-20)19-6-3-2-4-7-19/h10,12H,2-9,11H2,1H3,(H,15,21). The number of amides is 2. The normalized spacial score (nSPS) is 23.5. The lowest BCUT2D eigenvalue weighted by molar-refractivity contribution is 0.161. The maximum absolute atomic E-state index is 12.2. The van der Waals surface area contributed by atoms with Gasteiger partial charge in [-0.1, -0.05) is 11.6 Å². The molecule has 21 heavy (non-hydrogen) atoms. The summed E-state index contributed by atoms with van der Waals surface area (Å²) in [4.78, 5) is 16.7. The van der Waals surface area contributed by atoms with Crippen LogP contribution in [0.1, 0.15) is 31.4 Å². The van der Waals surface area contributed by atoms with Crippen molar-refractivity contribution in [2.24, 2.45) is 7.05 Å². The van der Waals surface area contributed by atoms with Crippen LogP contribution in [0.25, 0.3) is 0 Å². The van der Waals surface area contributed by atoms with Crippen molar-refractivity contribution in [3.8, 4) is 0 Å². The zero-order valence-corrected chi connectivity index (χ0v) is 12.7. The Bertz CT molecular complexity index is 482. The molecule has 2 fully saturated rings. The molecule has 0 aliphatic carbocycles. The van der Waals surface area contributed by atoms with E-state index in [1.165, 1.54) is 32.4 Å². The first-order valence-electron chi connectivity index (χ1n) is 7.84. The van der Waals surface area contributed by atoms with Gasteiger partial charge >= 0.3 is 6.03 Å². The van der Waals surface area contributed by atoms with Crippen LogP contribution in [0, 0.1) is 0 Å². The Balaban J connectivity index is 1.46. The van der Waals surface area contributed by atoms with Crippen molar-refractivity contribution in [3.63, 3.8) is 0 Å². The monoisotopic (exact) mass is 292 g/mol. The number of aromatic nitrogens is 3. The quantitative estimate of drug-likeness (QED) is 0.885. The average molecular weight is 292 g/mol. The highest BCUT2D eigenvalue weighted by Crippen LogP contribution is 2.20. The minimum atomic E-state index is 0.0238. The van der Waals surface area contributed by atoms with Gasteiger partial charge in [-0.3, -0.25) is 9.58 Å². The van der Waals surface area contributed by atoms with Crippen molar-refractivity contribution < 1.29 is 4.79 Å². The number of rotatable bonds is 3. The minimum Gasteiger partial charge on any atom is -0.332 e. The number of nitrogens with one attached hydrogen (secondary N) is 1. The molecule has 3 heterocycles. The van der Waals surface area contributed by atoms with Crippen LogP contribution in [-0.2, 0) is 13.6 Å². The van der Waals surface area contributed by atoms with Gasteiger partial charge in [0.2, 0.25) is 0 Å². The third-order valence-corrected chi connectivity index (χ3v) is 4.59. The molecular weight excluding hydrogens is 268 g/mol. The Hall–Kier alpha value is -1.63. The van der Waals surface area contributed by atoms with Crippen LogP contribution < -0.4 is 5.32 Å². The molecule has 0 aromatic carbocycles. The first-order chi connectivity index (χ1) is 10.2. The van der Waals surface area contributed by atoms with Crippen LogP contribution in [0.2, 0.25) is 0 Å². The Labute approximate surface area is 125 Å². The van der Waals surface area contributed by atoms with Crippen molar-refractivity contribution >= 4 is 6.03 Å². The Morgan fingerprint density at radius 1 is 1.33 bits per heavy atom. The highest BCUT2D eigenvalue weighted by atomic mass is 16.2. The Morgan fingerprint density at radius 2 is 2.14 bits per heavy atom. The van der Waals surface area contributed by atoms with E-state index in [1.54, 1.807) is 10.9 Å². The fourth-order valence-corrected chi connectivity index (χ4v) is 3.26. The van der Waals surface area contributed by atoms with Gasteiger partial charge in [0.25, 0.3) is 0 Å². The number of piperidine rings is 1. The fourth-order valence-electron chi connectivity index (χ4n) is 3.26. The summed E-state index contributed by atoms with van der Waals surface area (Å²) >= 11 is 0. The lowest BCUT2D eigenvalue weighted by Gasteiger charge is -2.32. The molecule has 2 aliphatic heterocycles. The zero-order chi connectivity index (χ0) is 14.7. The van der Waals surface area contributed by atoms with E-state index in [0.717, 1.165) is 25.2 Å². The number of hydrogen-bond donors (Lipinski definition) is 1. The maximum Gasteiger partial charge on any atom is 0.317 e. The second-order valence-electron chi connectivity index (χ2n) is 5.99. The van der Waals surface area contributed by atoms with Crippen LogP contribution in [0.15, 0.2) is 6.20 Å². The number of urea groups is 1. The summed E-state index contributed by atoms with van der Waals surface area (Å²) in [5, 5.41) is 10.6. The molecule has 1 aromatic rings. The summed E-state index contributed by atoms with van der Waals surface area (Å²) in [6.07, 6.45) is 6.74. The van der Waals surface area contributed by atoms with E-state index in [1.807, 2.05) is 11.9 Å². The molecule has 0 spiro atoms. The highest BCUT2D eigenvalue weighted by Gasteiger charge is 2.30. The molecule has 0 saturated carbocycles. The first kappa shape index (κ1) is 14.3. The molecule has 1 N–H and O–H groups in total. The summed E-state index contributed by atoms with van der Waals surface area (Å²) in [6, 6.07) is 0.574. The molecular formula is C14H24N6O. The third-order valence-electron chi connectivity index (χ3n) is 4.59. The number of carbonyl (C=O) groups is 1. The van der Waals surface area contributed by atoms with Gasteiger partial charge in [-0.15, -0.1) is 5.10 Å². The van der Waals surface area contributed by atoms with E-state index in [4.69, 9.17) is 0 Å². The summed E-state index contributed by atoms with van der Waals surface area (Å²) in [7, 11) is 1.83. The maximum atomic E-state index is 12.2. The SMILES string of the molecule is Cn1nncc1CNC(=O)N1CCC(N2CCCCC2)C1. The summed E-state index contributed by atoms with van der Waals surface area (Å²) < 4.78 is 1.68. The smallest absolute Gasteiger partial charge is 0.317 e. The predicted molar refractivity (Wildman–Crippen MR) is 78.6 cm³/mol. The molecule has 116 valence electrons. The topological polar surface area (TPSA) is 66.3 Å². The molecule has 7 nitrogen and oxygen atoms in total. The minimum absolute atomic E-state index is 0.0238. The van der Waals surface area contributed by atoms with Gasteiger partial charge in [-0.2, -0.15) is 0 Å². The Morgan fingerprint density at radius 3 is 2.86 bits per heavy atom. The van der Waals surface area contributed by atoms with Gasteiger partial charge in [0.05, 0.1) is 18.4 Å². The van der Waals surface area contributed by atoms with Crippen molar-refractivity contribution in [3.05, 3.63) is 11.9 Å². The zero-order valence-electron chi connectivity index (χ0n) is 12.7. The first-order valence-corrected chi connectivity index (χ1v) is 7.84. The molecule has 2 saturated heterocycles. The molecule has 0 radical (unpaired) electrons. The van der Waals surface area contributed by atoms with E-state index in [2.05, 4.69) is 20.5 Å². The summed E-state index contributed by atoms with van der Waals surface area (Å²) in [6.45, 7) is 4.58. The number of nitrogens with zero attached hydrogens (tertiary/aromatic N) is 5. The third kappa shape index (κ3) is 3.34. The second-order valence-corrected chi connectivity index (χ2v) is 5.99. The average Bonchev–Trinajstić information content (AvgIpc) is 3.15. The largest absolute Gasteiger partial charge is 0.332 e. The van der Waals surface area contributed by atoms with Crippen LogP contribution >= 0.6 is 0 Å². The van der Waals surface area contributed by atoms with Gasteiger partial charge in [0, 0.05) is 26.2 Å². The molecule has 1 atom stereocenters. The number of likely N-dealkylation sites (tertiary alicyclic amines) is 2. The van der Waals surface area contributed by atoms with E-state index in [0.29, 0.717) is 12.6 Å². The number of aryl methyl sites for hydroxylation is 1. The molecule has 1 unspecified atom stereocenters. The van der Waals surface area contributed by atoms with E-state index < -0.39 is 0 Å². The fraction of sp³-hybridized carbons (Fsp3) is 0.786.